The van der Waals surface area contributed by atoms with Crippen molar-refractivity contribution in [2.45, 2.75) is 13.5 Å². The second-order valence-corrected chi connectivity index (χ2v) is 4.25. The third-order valence-corrected chi connectivity index (χ3v) is 3.02. The van der Waals surface area contributed by atoms with E-state index in [1.54, 1.807) is 22.8 Å². The van der Waals surface area contributed by atoms with Gasteiger partial charge >= 0.3 is 5.97 Å². The van der Waals surface area contributed by atoms with Crippen LogP contribution in [0.25, 0.3) is 10.9 Å². The maximum atomic E-state index is 12.2. The van der Waals surface area contributed by atoms with E-state index in [1.165, 1.54) is 13.3 Å². The van der Waals surface area contributed by atoms with Crippen LogP contribution >= 0.6 is 11.6 Å². The van der Waals surface area contributed by atoms with E-state index in [9.17, 15) is 9.59 Å². The van der Waals surface area contributed by atoms with Crippen LogP contribution in [-0.4, -0.2) is 17.6 Å². The van der Waals surface area contributed by atoms with Crippen LogP contribution in [0.2, 0.25) is 5.02 Å². The van der Waals surface area contributed by atoms with Crippen LogP contribution in [0.1, 0.15) is 17.3 Å². The van der Waals surface area contributed by atoms with Gasteiger partial charge in [0.1, 0.15) is 5.56 Å². The van der Waals surface area contributed by atoms with Crippen molar-refractivity contribution in [3.63, 3.8) is 0 Å². The molecule has 0 spiro atoms. The molecule has 0 aliphatic rings. The van der Waals surface area contributed by atoms with E-state index in [1.807, 2.05) is 6.92 Å². The average molecular weight is 266 g/mol. The van der Waals surface area contributed by atoms with Crippen LogP contribution < -0.4 is 5.43 Å². The summed E-state index contributed by atoms with van der Waals surface area (Å²) < 4.78 is 6.41. The molecular weight excluding hydrogens is 254 g/mol. The average Bonchev–Trinajstić information content (AvgIpc) is 2.38. The zero-order chi connectivity index (χ0) is 13.3. The number of hydrogen-bond acceptors (Lipinski definition) is 3. The smallest absolute Gasteiger partial charge is 0.343 e. The number of pyridine rings is 1. The lowest BCUT2D eigenvalue weighted by Gasteiger charge is -2.10. The molecule has 0 unspecified atom stereocenters. The first kappa shape index (κ1) is 12.6. The molecule has 2 aromatic rings. The van der Waals surface area contributed by atoms with E-state index >= 15 is 0 Å². The molecule has 0 radical (unpaired) electrons. The molecule has 0 fully saturated rings. The first-order chi connectivity index (χ1) is 8.58. The minimum atomic E-state index is -0.626. The van der Waals surface area contributed by atoms with Gasteiger partial charge in [-0.15, -0.1) is 0 Å². The maximum absolute atomic E-state index is 12.2. The summed E-state index contributed by atoms with van der Waals surface area (Å²) in [5.41, 5.74) is 0.412. The third-order valence-electron chi connectivity index (χ3n) is 2.79. The zero-order valence-corrected chi connectivity index (χ0v) is 10.8. The molecule has 0 saturated carbocycles. The Morgan fingerprint density at radius 3 is 2.78 bits per heavy atom. The Bertz CT molecular complexity index is 676. The second-order valence-electron chi connectivity index (χ2n) is 3.81. The molecule has 1 aromatic heterocycles. The number of rotatable bonds is 2. The molecule has 0 N–H and O–H groups in total. The number of halogens is 1. The molecule has 2 rings (SSSR count). The largest absolute Gasteiger partial charge is 0.465 e. The fraction of sp³-hybridized carbons (Fsp3) is 0.231. The molecule has 0 aliphatic heterocycles. The molecule has 5 heteroatoms. The predicted octanol–water partition coefficient (Wildman–Crippen LogP) is 2.46. The maximum Gasteiger partial charge on any atom is 0.343 e. The summed E-state index contributed by atoms with van der Waals surface area (Å²) in [4.78, 5) is 23.7. The monoisotopic (exact) mass is 265 g/mol. The van der Waals surface area contributed by atoms with Crippen LogP contribution in [0.15, 0.2) is 29.2 Å². The van der Waals surface area contributed by atoms with Gasteiger partial charge in [-0.05, 0) is 25.1 Å². The first-order valence-electron chi connectivity index (χ1n) is 5.49. The van der Waals surface area contributed by atoms with Gasteiger partial charge in [0.05, 0.1) is 12.6 Å². The Hall–Kier alpha value is -1.81. The number of carbonyl (C=O) groups excluding carboxylic acids is 1. The Morgan fingerprint density at radius 2 is 2.17 bits per heavy atom. The summed E-state index contributed by atoms with van der Waals surface area (Å²) in [5.74, 6) is -0.626. The van der Waals surface area contributed by atoms with Gasteiger partial charge in [-0.25, -0.2) is 4.79 Å². The van der Waals surface area contributed by atoms with Crippen LogP contribution in [0.5, 0.6) is 0 Å². The molecule has 0 saturated heterocycles. The highest BCUT2D eigenvalue weighted by Gasteiger charge is 2.15. The fourth-order valence-corrected chi connectivity index (χ4v) is 2.05. The van der Waals surface area contributed by atoms with E-state index in [4.69, 9.17) is 11.6 Å². The van der Waals surface area contributed by atoms with Crippen molar-refractivity contribution in [2.75, 3.05) is 7.11 Å². The summed E-state index contributed by atoms with van der Waals surface area (Å²) in [6.45, 7) is 2.55. The number of ether oxygens (including phenoxy) is 1. The summed E-state index contributed by atoms with van der Waals surface area (Å²) in [5, 5.41) is 1.01. The van der Waals surface area contributed by atoms with E-state index in [0.717, 1.165) is 0 Å². The Kier molecular flexibility index (Phi) is 3.39. The second kappa shape index (κ2) is 4.82. The SMILES string of the molecule is CCn1cc(C(=O)OC)c(=O)c2ccc(Cl)cc21. The van der Waals surface area contributed by atoms with Gasteiger partial charge in [0.25, 0.3) is 0 Å². The first-order valence-corrected chi connectivity index (χ1v) is 5.87. The van der Waals surface area contributed by atoms with Crippen molar-refractivity contribution >= 4 is 28.5 Å². The minimum absolute atomic E-state index is 0.0363. The normalized spacial score (nSPS) is 10.6. The Morgan fingerprint density at radius 1 is 1.44 bits per heavy atom. The van der Waals surface area contributed by atoms with Crippen molar-refractivity contribution in [3.8, 4) is 0 Å². The highest BCUT2D eigenvalue weighted by molar-refractivity contribution is 6.31. The summed E-state index contributed by atoms with van der Waals surface area (Å²) in [6, 6.07) is 4.97. The lowest BCUT2D eigenvalue weighted by Crippen LogP contribution is -2.19. The molecule has 0 amide bonds. The van der Waals surface area contributed by atoms with E-state index in [2.05, 4.69) is 4.74 Å². The lowest BCUT2D eigenvalue weighted by molar-refractivity contribution is 0.0598. The molecule has 94 valence electrons. The highest BCUT2D eigenvalue weighted by atomic mass is 35.5. The summed E-state index contributed by atoms with van der Waals surface area (Å²) in [7, 11) is 1.25. The van der Waals surface area contributed by atoms with Gasteiger partial charge in [-0.1, -0.05) is 11.6 Å². The van der Waals surface area contributed by atoms with Crippen molar-refractivity contribution < 1.29 is 9.53 Å². The number of methoxy groups -OCH3 is 1. The molecule has 0 bridgehead atoms. The topological polar surface area (TPSA) is 48.3 Å². The molecule has 4 nitrogen and oxygen atoms in total. The van der Waals surface area contributed by atoms with Gasteiger partial charge in [0, 0.05) is 23.2 Å². The summed E-state index contributed by atoms with van der Waals surface area (Å²) in [6.07, 6.45) is 1.51. The highest BCUT2D eigenvalue weighted by Crippen LogP contribution is 2.18. The van der Waals surface area contributed by atoms with Crippen LogP contribution in [0, 0.1) is 0 Å². The van der Waals surface area contributed by atoms with E-state index in [-0.39, 0.29) is 11.0 Å². The minimum Gasteiger partial charge on any atom is -0.465 e. The third kappa shape index (κ3) is 1.99. The Labute approximate surface area is 109 Å². The molecule has 1 aromatic carbocycles. The van der Waals surface area contributed by atoms with E-state index in [0.29, 0.717) is 22.5 Å². The number of carbonyl (C=O) groups is 1. The fourth-order valence-electron chi connectivity index (χ4n) is 1.88. The predicted molar refractivity (Wildman–Crippen MR) is 70.2 cm³/mol. The van der Waals surface area contributed by atoms with Crippen molar-refractivity contribution in [3.05, 3.63) is 45.2 Å². The molecule has 18 heavy (non-hydrogen) atoms. The number of nitrogens with zero attached hydrogens (tertiary/aromatic N) is 1. The number of esters is 1. The van der Waals surface area contributed by atoms with Crippen molar-refractivity contribution in [1.82, 2.24) is 4.57 Å². The van der Waals surface area contributed by atoms with E-state index < -0.39 is 5.97 Å². The number of aryl methyl sites for hydroxylation is 1. The standard InChI is InChI=1S/C13H12ClNO3/c1-3-15-7-10(13(17)18-2)12(16)9-5-4-8(14)6-11(9)15/h4-7H,3H2,1-2H3. The number of fused-ring (bicyclic) bond motifs is 1. The Balaban J connectivity index is 2.87. The van der Waals surface area contributed by atoms with Gasteiger partial charge in [-0.3, -0.25) is 4.79 Å². The van der Waals surface area contributed by atoms with Crippen molar-refractivity contribution in [1.29, 1.82) is 0 Å². The molecule has 0 atom stereocenters. The van der Waals surface area contributed by atoms with Crippen LogP contribution in [0.3, 0.4) is 0 Å². The number of aromatic nitrogens is 1. The van der Waals surface area contributed by atoms with Gasteiger partial charge in [-0.2, -0.15) is 0 Å². The lowest BCUT2D eigenvalue weighted by atomic mass is 10.1. The molecule has 1 heterocycles. The quantitative estimate of drug-likeness (QED) is 0.784. The van der Waals surface area contributed by atoms with Crippen molar-refractivity contribution in [2.24, 2.45) is 0 Å². The molecule has 0 aliphatic carbocycles. The van der Waals surface area contributed by atoms with Gasteiger partial charge in [0.2, 0.25) is 5.43 Å². The number of hydrogen-bond donors (Lipinski definition) is 0. The van der Waals surface area contributed by atoms with Crippen LogP contribution in [0.4, 0.5) is 0 Å². The van der Waals surface area contributed by atoms with Crippen LogP contribution in [-0.2, 0) is 11.3 Å². The van der Waals surface area contributed by atoms with Gasteiger partial charge < -0.3 is 9.30 Å². The number of benzene rings is 1. The zero-order valence-electron chi connectivity index (χ0n) is 10.1. The summed E-state index contributed by atoms with van der Waals surface area (Å²) >= 11 is 5.92. The van der Waals surface area contributed by atoms with Gasteiger partial charge in [0.15, 0.2) is 0 Å². The molecular formula is C13H12ClNO3.